The van der Waals surface area contributed by atoms with E-state index < -0.39 is 15.9 Å². The second-order valence-electron chi connectivity index (χ2n) is 3.40. The van der Waals surface area contributed by atoms with Crippen LogP contribution in [-0.2, 0) is 14.7 Å². The lowest BCUT2D eigenvalue weighted by molar-refractivity contribution is 0.0853. The van der Waals surface area contributed by atoms with Crippen molar-refractivity contribution in [1.82, 2.24) is 0 Å². The summed E-state index contributed by atoms with van der Waals surface area (Å²) in [5.74, 6) is -0.0891. The van der Waals surface area contributed by atoms with E-state index in [0.29, 0.717) is 5.71 Å². The second-order valence-corrected chi connectivity index (χ2v) is 5.51. The number of nitrogens with zero attached hydrogens (tertiary/aromatic N) is 1. The number of hydrogen-bond donors (Lipinski definition) is 1. The van der Waals surface area contributed by atoms with Gasteiger partial charge in [0.05, 0.1) is 23.3 Å². The molecule has 5 nitrogen and oxygen atoms in total. The molecule has 13 heavy (non-hydrogen) atoms. The van der Waals surface area contributed by atoms with Crippen LogP contribution in [0.5, 0.6) is 0 Å². The van der Waals surface area contributed by atoms with Crippen LogP contribution < -0.4 is 5.73 Å². The summed E-state index contributed by atoms with van der Waals surface area (Å²) in [7, 11) is -3.03. The third-order valence-corrected chi connectivity index (χ3v) is 3.21. The van der Waals surface area contributed by atoms with Crippen LogP contribution in [-0.4, -0.2) is 37.8 Å². The molecular formula is C7H14N2O3S. The van der Waals surface area contributed by atoms with Crippen LogP contribution in [0.15, 0.2) is 5.16 Å². The summed E-state index contributed by atoms with van der Waals surface area (Å²) in [6.45, 7) is 3.64. The Labute approximate surface area is 77.9 Å². The van der Waals surface area contributed by atoms with Crippen molar-refractivity contribution in [3.63, 3.8) is 0 Å². The van der Waals surface area contributed by atoms with Gasteiger partial charge in [-0.2, -0.15) is 0 Å². The van der Waals surface area contributed by atoms with Crippen LogP contribution in [0.3, 0.4) is 0 Å². The quantitative estimate of drug-likeness (QED) is 0.619. The molecule has 0 aromatic heterocycles. The molecule has 0 spiro atoms. The van der Waals surface area contributed by atoms with Gasteiger partial charge in [-0.3, -0.25) is 0 Å². The maximum atomic E-state index is 11.1. The van der Waals surface area contributed by atoms with Gasteiger partial charge in [-0.15, -0.1) is 0 Å². The second kappa shape index (κ2) is 3.63. The highest BCUT2D eigenvalue weighted by atomic mass is 32.2. The maximum absolute atomic E-state index is 11.1. The normalized spacial score (nSPS) is 29.8. The van der Waals surface area contributed by atoms with Crippen LogP contribution in [0.1, 0.15) is 13.8 Å². The third kappa shape index (κ3) is 2.96. The Kier molecular flexibility index (Phi) is 2.92. The molecular weight excluding hydrogens is 192 g/mol. The zero-order chi connectivity index (χ0) is 10.1. The molecule has 1 atom stereocenters. The van der Waals surface area contributed by atoms with Crippen LogP contribution in [0.25, 0.3) is 0 Å². The molecule has 1 aliphatic heterocycles. The summed E-state index contributed by atoms with van der Waals surface area (Å²) in [4.78, 5) is 4.93. The van der Waals surface area contributed by atoms with Gasteiger partial charge in [0, 0.05) is 0 Å². The summed E-state index contributed by atoms with van der Waals surface area (Å²) in [5, 5.41) is 3.71. The third-order valence-electron chi connectivity index (χ3n) is 1.61. The lowest BCUT2D eigenvalue weighted by Crippen LogP contribution is -2.29. The van der Waals surface area contributed by atoms with E-state index in [4.69, 9.17) is 10.6 Å². The highest BCUT2D eigenvalue weighted by Gasteiger charge is 2.32. The minimum absolute atomic E-state index is 0.0205. The van der Waals surface area contributed by atoms with Gasteiger partial charge in [0.15, 0.2) is 9.84 Å². The highest BCUT2D eigenvalue weighted by molar-refractivity contribution is 7.92. The zero-order valence-corrected chi connectivity index (χ0v) is 8.54. The Balaban J connectivity index is 2.68. The monoisotopic (exact) mass is 206 g/mol. The number of rotatable bonds is 2. The Hall–Kier alpha value is -0.620. The zero-order valence-electron chi connectivity index (χ0n) is 7.73. The van der Waals surface area contributed by atoms with Gasteiger partial charge < -0.3 is 10.6 Å². The molecule has 0 aromatic rings. The first-order valence-corrected chi connectivity index (χ1v) is 5.91. The van der Waals surface area contributed by atoms with Gasteiger partial charge in [0.25, 0.3) is 0 Å². The largest absolute Gasteiger partial charge is 0.393 e. The van der Waals surface area contributed by atoms with Crippen LogP contribution in [0, 0.1) is 0 Å². The minimum Gasteiger partial charge on any atom is -0.393 e. The smallest absolute Gasteiger partial charge is 0.157 e. The van der Waals surface area contributed by atoms with Crippen LogP contribution >= 0.6 is 0 Å². The first-order valence-electron chi connectivity index (χ1n) is 4.09. The molecule has 1 fully saturated rings. The molecule has 2 N–H and O–H groups in total. The van der Waals surface area contributed by atoms with Crippen molar-refractivity contribution >= 4 is 15.5 Å². The fraction of sp³-hybridized carbons (Fsp3) is 0.857. The highest BCUT2D eigenvalue weighted by Crippen LogP contribution is 2.08. The molecule has 1 unspecified atom stereocenters. The van der Waals surface area contributed by atoms with Crippen molar-refractivity contribution < 1.29 is 13.3 Å². The molecule has 1 rings (SSSR count). The van der Waals surface area contributed by atoms with Gasteiger partial charge in [-0.1, -0.05) is 5.16 Å². The molecule has 0 saturated carbocycles. The summed E-state index contributed by atoms with van der Waals surface area (Å²) >= 11 is 0. The van der Waals surface area contributed by atoms with Crippen molar-refractivity contribution in [3.05, 3.63) is 0 Å². The van der Waals surface area contributed by atoms with E-state index in [0.717, 1.165) is 0 Å². The molecule has 6 heteroatoms. The summed E-state index contributed by atoms with van der Waals surface area (Å²) in [6, 6.07) is -0.497. The summed E-state index contributed by atoms with van der Waals surface area (Å²) < 4.78 is 22.2. The number of nitrogens with two attached hydrogens (primary N) is 1. The van der Waals surface area contributed by atoms with E-state index in [1.165, 1.54) is 0 Å². The van der Waals surface area contributed by atoms with Crippen molar-refractivity contribution in [3.8, 4) is 0 Å². The van der Waals surface area contributed by atoms with E-state index in [-0.39, 0.29) is 17.6 Å². The Morgan fingerprint density at radius 1 is 1.62 bits per heavy atom. The van der Waals surface area contributed by atoms with Crippen LogP contribution in [0.4, 0.5) is 0 Å². The van der Waals surface area contributed by atoms with Crippen LogP contribution in [0.2, 0.25) is 0 Å². The number of sulfone groups is 1. The standard InChI is InChI=1S/C7H14N2O3S/c1-5(2)12-9-7-4-13(10,11)3-6(7)8/h5-6H,3-4,8H2,1-2H3/b9-7-. The van der Waals surface area contributed by atoms with Gasteiger partial charge >= 0.3 is 0 Å². The minimum atomic E-state index is -3.03. The van der Waals surface area contributed by atoms with E-state index in [2.05, 4.69) is 5.16 Å². The molecule has 1 aliphatic rings. The molecule has 0 aromatic carbocycles. The lowest BCUT2D eigenvalue weighted by Gasteiger charge is -2.04. The molecule has 0 amide bonds. The van der Waals surface area contributed by atoms with Crippen molar-refractivity contribution in [1.29, 1.82) is 0 Å². The Morgan fingerprint density at radius 3 is 2.62 bits per heavy atom. The van der Waals surface area contributed by atoms with Crippen molar-refractivity contribution in [2.24, 2.45) is 10.9 Å². The molecule has 1 saturated heterocycles. The Bertz CT molecular complexity index is 308. The van der Waals surface area contributed by atoms with E-state index in [9.17, 15) is 8.42 Å². The molecule has 0 bridgehead atoms. The maximum Gasteiger partial charge on any atom is 0.157 e. The number of oxime groups is 1. The molecule has 0 aliphatic carbocycles. The van der Waals surface area contributed by atoms with Crippen molar-refractivity contribution in [2.75, 3.05) is 11.5 Å². The number of hydrogen-bond acceptors (Lipinski definition) is 5. The average molecular weight is 206 g/mol. The summed E-state index contributed by atoms with van der Waals surface area (Å²) in [6.07, 6.45) is -0.0528. The fourth-order valence-electron chi connectivity index (χ4n) is 1.03. The first kappa shape index (κ1) is 10.5. The Morgan fingerprint density at radius 2 is 2.23 bits per heavy atom. The predicted molar refractivity (Wildman–Crippen MR) is 50.3 cm³/mol. The van der Waals surface area contributed by atoms with E-state index >= 15 is 0 Å². The van der Waals surface area contributed by atoms with Gasteiger partial charge in [-0.25, -0.2) is 8.42 Å². The molecule has 1 heterocycles. The van der Waals surface area contributed by atoms with E-state index in [1.54, 1.807) is 0 Å². The molecule has 0 radical (unpaired) electrons. The summed E-state index contributed by atoms with van der Waals surface area (Å²) in [5.41, 5.74) is 5.98. The van der Waals surface area contributed by atoms with Gasteiger partial charge in [0.2, 0.25) is 0 Å². The van der Waals surface area contributed by atoms with Crippen molar-refractivity contribution in [2.45, 2.75) is 26.0 Å². The fourth-order valence-corrected chi connectivity index (χ4v) is 2.60. The average Bonchev–Trinajstić information content (AvgIpc) is 2.20. The van der Waals surface area contributed by atoms with Gasteiger partial charge in [-0.05, 0) is 13.8 Å². The molecule has 76 valence electrons. The first-order chi connectivity index (χ1) is 5.91. The lowest BCUT2D eigenvalue weighted by atomic mass is 10.2. The van der Waals surface area contributed by atoms with Gasteiger partial charge in [0.1, 0.15) is 6.10 Å². The topological polar surface area (TPSA) is 81.8 Å². The predicted octanol–water partition coefficient (Wildman–Crippen LogP) is -0.477. The van der Waals surface area contributed by atoms with E-state index in [1.807, 2.05) is 13.8 Å². The SMILES string of the molecule is CC(C)O/N=C1/CS(=O)(=O)CC1N.